The van der Waals surface area contributed by atoms with Gasteiger partial charge >= 0.3 is 6.03 Å². The lowest BCUT2D eigenvalue weighted by Crippen LogP contribution is -2.53. The third-order valence-electron chi connectivity index (χ3n) is 5.12. The molecule has 0 saturated carbocycles. The third-order valence-corrected chi connectivity index (χ3v) is 6.87. The van der Waals surface area contributed by atoms with Crippen LogP contribution in [0.5, 0.6) is 11.5 Å². The number of nitrogens with zero attached hydrogens (tertiary/aromatic N) is 2. The number of hydrogen-bond acceptors (Lipinski definition) is 6. The minimum absolute atomic E-state index is 0.0527. The average molecular weight is 485 g/mol. The Morgan fingerprint density at radius 1 is 1.00 bits per heavy atom. The maximum atomic E-state index is 13.4. The van der Waals surface area contributed by atoms with Crippen LogP contribution in [-0.4, -0.2) is 41.1 Å². The van der Waals surface area contributed by atoms with Crippen LogP contribution in [0, 0.1) is 5.82 Å². The molecule has 0 bridgehead atoms. The van der Waals surface area contributed by atoms with E-state index < -0.39 is 34.3 Å². The van der Waals surface area contributed by atoms with Gasteiger partial charge in [0.05, 0.1) is 31.3 Å². The van der Waals surface area contributed by atoms with E-state index in [1.165, 1.54) is 44.6 Å². The molecular formula is C23H20FN3O6S. The number of fused-ring (bicyclic) bond motifs is 1. The number of anilines is 3. The van der Waals surface area contributed by atoms with Crippen molar-refractivity contribution in [2.75, 3.05) is 35.3 Å². The number of sulfonamides is 1. The molecule has 0 aromatic heterocycles. The first-order valence-electron chi connectivity index (χ1n) is 9.99. The molecule has 9 nitrogen and oxygen atoms in total. The molecule has 34 heavy (non-hydrogen) atoms. The third kappa shape index (κ3) is 4.13. The smallest absolute Gasteiger partial charge is 0.343 e. The fourth-order valence-electron chi connectivity index (χ4n) is 3.53. The van der Waals surface area contributed by atoms with Gasteiger partial charge in [-0.05, 0) is 48.5 Å². The van der Waals surface area contributed by atoms with E-state index in [1.807, 2.05) is 0 Å². The number of methoxy groups -OCH3 is 2. The zero-order valence-corrected chi connectivity index (χ0v) is 19.0. The fraction of sp³-hybridized carbons (Fsp3) is 0.130. The van der Waals surface area contributed by atoms with Crippen LogP contribution in [0.1, 0.15) is 0 Å². The number of nitrogens with one attached hydrogen (secondary N) is 1. The SMILES string of the molecule is COc1ccc(NC(=O)CN2C(=O)N(c3ccc(F)cc3)S(=O)(=O)c3ccccc32)c(OC)c1. The summed E-state index contributed by atoms with van der Waals surface area (Å²) < 4.78 is 50.8. The van der Waals surface area contributed by atoms with Crippen molar-refractivity contribution < 1.29 is 31.9 Å². The highest BCUT2D eigenvalue weighted by Crippen LogP contribution is 2.37. The number of hydrogen-bond donors (Lipinski definition) is 1. The number of ether oxygens (including phenoxy) is 2. The molecule has 4 rings (SSSR count). The van der Waals surface area contributed by atoms with Gasteiger partial charge in [-0.3, -0.25) is 9.69 Å². The monoisotopic (exact) mass is 485 g/mol. The number of amides is 3. The lowest BCUT2D eigenvalue weighted by atomic mass is 10.2. The Morgan fingerprint density at radius 2 is 1.71 bits per heavy atom. The maximum absolute atomic E-state index is 13.4. The highest BCUT2D eigenvalue weighted by molar-refractivity contribution is 7.94. The molecule has 3 amide bonds. The Hall–Kier alpha value is -4.12. The molecule has 3 aromatic rings. The molecule has 0 unspecified atom stereocenters. The Balaban J connectivity index is 1.69. The molecule has 1 aliphatic rings. The Morgan fingerprint density at radius 3 is 2.38 bits per heavy atom. The van der Waals surface area contributed by atoms with Gasteiger partial charge in [0, 0.05) is 6.07 Å². The average Bonchev–Trinajstić information content (AvgIpc) is 2.83. The van der Waals surface area contributed by atoms with Gasteiger partial charge in [0.15, 0.2) is 0 Å². The quantitative estimate of drug-likeness (QED) is 0.572. The lowest BCUT2D eigenvalue weighted by Gasteiger charge is -2.35. The topological polar surface area (TPSA) is 105 Å². The Bertz CT molecular complexity index is 1360. The van der Waals surface area contributed by atoms with Crippen LogP contribution < -0.4 is 24.0 Å². The summed E-state index contributed by atoms with van der Waals surface area (Å²) in [7, 11) is -1.37. The Kier molecular flexibility index (Phi) is 6.12. The van der Waals surface area contributed by atoms with Crippen molar-refractivity contribution >= 4 is 39.0 Å². The van der Waals surface area contributed by atoms with E-state index in [0.717, 1.165) is 17.0 Å². The summed E-state index contributed by atoms with van der Waals surface area (Å²) in [5, 5.41) is 2.66. The number of para-hydroxylation sites is 1. The molecule has 3 aromatic carbocycles. The van der Waals surface area contributed by atoms with Crippen LogP contribution in [0.3, 0.4) is 0 Å². The minimum atomic E-state index is -4.29. The normalized spacial score (nSPS) is 14.4. The first-order valence-corrected chi connectivity index (χ1v) is 11.4. The second-order valence-electron chi connectivity index (χ2n) is 7.20. The zero-order valence-electron chi connectivity index (χ0n) is 18.2. The number of halogens is 1. The lowest BCUT2D eigenvalue weighted by molar-refractivity contribution is -0.114. The molecular weight excluding hydrogens is 465 g/mol. The summed E-state index contributed by atoms with van der Waals surface area (Å²) in [6.45, 7) is -0.488. The number of urea groups is 1. The molecule has 1 N–H and O–H groups in total. The molecule has 1 aliphatic heterocycles. The van der Waals surface area contributed by atoms with E-state index in [0.29, 0.717) is 21.5 Å². The summed E-state index contributed by atoms with van der Waals surface area (Å²) in [6, 6.07) is 14.1. The van der Waals surface area contributed by atoms with Crippen molar-refractivity contribution in [3.63, 3.8) is 0 Å². The molecule has 0 spiro atoms. The summed E-state index contributed by atoms with van der Waals surface area (Å²) >= 11 is 0. The number of carbonyl (C=O) groups excluding carboxylic acids is 2. The van der Waals surface area contributed by atoms with Gasteiger partial charge in [0.1, 0.15) is 28.8 Å². The van der Waals surface area contributed by atoms with E-state index in [1.54, 1.807) is 24.3 Å². The molecule has 0 radical (unpaired) electrons. The molecule has 176 valence electrons. The van der Waals surface area contributed by atoms with Gasteiger partial charge in [-0.15, -0.1) is 0 Å². The molecule has 0 fully saturated rings. The van der Waals surface area contributed by atoms with Crippen molar-refractivity contribution in [2.45, 2.75) is 4.90 Å². The summed E-state index contributed by atoms with van der Waals surface area (Å²) in [5.74, 6) is -0.315. The molecule has 0 saturated heterocycles. The van der Waals surface area contributed by atoms with Gasteiger partial charge in [0.25, 0.3) is 10.0 Å². The van der Waals surface area contributed by atoms with E-state index in [-0.39, 0.29) is 16.3 Å². The Labute approximate surface area is 195 Å². The number of carbonyl (C=O) groups is 2. The highest BCUT2D eigenvalue weighted by atomic mass is 32.2. The largest absolute Gasteiger partial charge is 0.497 e. The fourth-order valence-corrected chi connectivity index (χ4v) is 5.12. The van der Waals surface area contributed by atoms with Crippen molar-refractivity contribution in [2.24, 2.45) is 0 Å². The van der Waals surface area contributed by atoms with Crippen molar-refractivity contribution in [3.05, 3.63) is 72.5 Å². The van der Waals surface area contributed by atoms with Crippen LogP contribution in [0.4, 0.5) is 26.2 Å². The predicted molar refractivity (Wildman–Crippen MR) is 123 cm³/mol. The second kappa shape index (κ2) is 9.02. The van der Waals surface area contributed by atoms with Gasteiger partial charge in [0.2, 0.25) is 5.91 Å². The standard InChI is InChI=1S/C23H20FN3O6S/c1-32-17-11-12-18(20(13-17)33-2)25-22(28)14-26-19-5-3-4-6-21(19)34(30,31)27(23(26)29)16-9-7-15(24)8-10-16/h3-13H,14H2,1-2H3,(H,25,28). The van der Waals surface area contributed by atoms with Crippen LogP contribution in [0.2, 0.25) is 0 Å². The first-order chi connectivity index (χ1) is 16.3. The summed E-state index contributed by atoms with van der Waals surface area (Å²) in [6.07, 6.45) is 0. The second-order valence-corrected chi connectivity index (χ2v) is 8.95. The molecule has 0 atom stereocenters. The van der Waals surface area contributed by atoms with E-state index in [4.69, 9.17) is 9.47 Å². The van der Waals surface area contributed by atoms with Gasteiger partial charge in [-0.1, -0.05) is 12.1 Å². The molecule has 0 aliphatic carbocycles. The van der Waals surface area contributed by atoms with Crippen molar-refractivity contribution in [1.29, 1.82) is 0 Å². The van der Waals surface area contributed by atoms with Gasteiger partial charge < -0.3 is 14.8 Å². The van der Waals surface area contributed by atoms with E-state index >= 15 is 0 Å². The van der Waals surface area contributed by atoms with Crippen LogP contribution in [0.15, 0.2) is 71.6 Å². The minimum Gasteiger partial charge on any atom is -0.497 e. The van der Waals surface area contributed by atoms with Crippen LogP contribution >= 0.6 is 0 Å². The highest BCUT2D eigenvalue weighted by Gasteiger charge is 2.43. The number of benzene rings is 3. The van der Waals surface area contributed by atoms with Gasteiger partial charge in [-0.2, -0.15) is 4.31 Å². The number of rotatable bonds is 6. The van der Waals surface area contributed by atoms with E-state index in [9.17, 15) is 22.4 Å². The molecule has 11 heteroatoms. The summed E-state index contributed by atoms with van der Waals surface area (Å²) in [5.41, 5.74) is 0.347. The van der Waals surface area contributed by atoms with Crippen LogP contribution in [-0.2, 0) is 14.8 Å². The first kappa shape index (κ1) is 23.1. The van der Waals surface area contributed by atoms with Crippen LogP contribution in [0.25, 0.3) is 0 Å². The van der Waals surface area contributed by atoms with Gasteiger partial charge in [-0.25, -0.2) is 17.6 Å². The van der Waals surface area contributed by atoms with Crippen molar-refractivity contribution in [3.8, 4) is 11.5 Å². The predicted octanol–water partition coefficient (Wildman–Crippen LogP) is 3.62. The summed E-state index contributed by atoms with van der Waals surface area (Å²) in [4.78, 5) is 27.1. The maximum Gasteiger partial charge on any atom is 0.343 e. The van der Waals surface area contributed by atoms with Crippen molar-refractivity contribution in [1.82, 2.24) is 0 Å². The zero-order chi connectivity index (χ0) is 24.5. The molecule has 1 heterocycles. The van der Waals surface area contributed by atoms with E-state index in [2.05, 4.69) is 5.32 Å².